The quantitative estimate of drug-likeness (QED) is 0.450. The Balaban J connectivity index is 0.00000242. The van der Waals surface area contributed by atoms with E-state index in [4.69, 9.17) is 0 Å². The summed E-state index contributed by atoms with van der Waals surface area (Å²) in [6.45, 7) is 5.24. The van der Waals surface area contributed by atoms with Crippen LogP contribution in [0.2, 0.25) is 0 Å². The van der Waals surface area contributed by atoms with E-state index in [2.05, 4.69) is 39.7 Å². The van der Waals surface area contributed by atoms with Crippen molar-refractivity contribution in [2.24, 2.45) is 10.9 Å². The molecule has 1 aromatic rings. The summed E-state index contributed by atoms with van der Waals surface area (Å²) in [5.74, 6) is 1.81. The van der Waals surface area contributed by atoms with Crippen LogP contribution in [0.25, 0.3) is 0 Å². The third-order valence-corrected chi connectivity index (χ3v) is 4.26. The average molecular weight is 416 g/mol. The van der Waals surface area contributed by atoms with E-state index >= 15 is 0 Å². The van der Waals surface area contributed by atoms with E-state index in [1.807, 2.05) is 20.2 Å². The first-order valence-corrected chi connectivity index (χ1v) is 8.06. The van der Waals surface area contributed by atoms with Gasteiger partial charge in [-0.15, -0.1) is 24.0 Å². The van der Waals surface area contributed by atoms with Gasteiger partial charge in [-0.3, -0.25) is 9.98 Å². The summed E-state index contributed by atoms with van der Waals surface area (Å²) in [6, 6.07) is 4.78. The van der Waals surface area contributed by atoms with Crippen molar-refractivity contribution in [2.45, 2.75) is 52.0 Å². The topological polar surface area (TPSA) is 49.3 Å². The van der Waals surface area contributed by atoms with E-state index in [-0.39, 0.29) is 24.0 Å². The van der Waals surface area contributed by atoms with Gasteiger partial charge in [-0.25, -0.2) is 0 Å². The Kier molecular flexibility index (Phi) is 8.75. The molecule has 0 unspecified atom stereocenters. The predicted molar refractivity (Wildman–Crippen MR) is 104 cm³/mol. The lowest BCUT2D eigenvalue weighted by Gasteiger charge is -2.28. The van der Waals surface area contributed by atoms with Gasteiger partial charge >= 0.3 is 0 Å². The standard InChI is InChI=1S/C17H28N4.HI/c1-13-4-8-16(9-5-13)21-17(18-3)19-11-10-15-7-6-14(2)20-12-15;/h6-7,12-13,16H,4-5,8-11H2,1-3H3,(H2,18,19,21);1H. The smallest absolute Gasteiger partial charge is 0.191 e. The summed E-state index contributed by atoms with van der Waals surface area (Å²) in [7, 11) is 1.84. The van der Waals surface area contributed by atoms with Crippen molar-refractivity contribution in [1.82, 2.24) is 15.6 Å². The number of hydrogen-bond acceptors (Lipinski definition) is 2. The van der Waals surface area contributed by atoms with Crippen molar-refractivity contribution in [3.05, 3.63) is 29.6 Å². The number of guanidine groups is 1. The molecule has 0 radical (unpaired) electrons. The van der Waals surface area contributed by atoms with Crippen molar-refractivity contribution in [2.75, 3.05) is 13.6 Å². The molecule has 0 aromatic carbocycles. The number of aromatic nitrogens is 1. The molecule has 0 aliphatic heterocycles. The highest BCUT2D eigenvalue weighted by Gasteiger charge is 2.18. The minimum Gasteiger partial charge on any atom is -0.356 e. The zero-order chi connectivity index (χ0) is 15.1. The molecule has 0 spiro atoms. The fraction of sp³-hybridized carbons (Fsp3) is 0.647. The van der Waals surface area contributed by atoms with Gasteiger partial charge in [-0.1, -0.05) is 13.0 Å². The lowest BCUT2D eigenvalue weighted by molar-refractivity contribution is 0.329. The highest BCUT2D eigenvalue weighted by atomic mass is 127. The zero-order valence-electron chi connectivity index (χ0n) is 13.9. The number of nitrogens with one attached hydrogen (secondary N) is 2. The Labute approximate surface area is 151 Å². The first kappa shape index (κ1) is 19.2. The molecule has 1 aromatic heterocycles. The van der Waals surface area contributed by atoms with Crippen LogP contribution in [-0.4, -0.2) is 30.6 Å². The van der Waals surface area contributed by atoms with Crippen molar-refractivity contribution in [3.63, 3.8) is 0 Å². The molecule has 0 bridgehead atoms. The van der Waals surface area contributed by atoms with Crippen LogP contribution in [0.1, 0.15) is 43.9 Å². The fourth-order valence-electron chi connectivity index (χ4n) is 2.76. The molecular weight excluding hydrogens is 387 g/mol. The molecule has 0 atom stereocenters. The van der Waals surface area contributed by atoms with E-state index in [9.17, 15) is 0 Å². The van der Waals surface area contributed by atoms with Crippen LogP contribution in [0, 0.1) is 12.8 Å². The lowest BCUT2D eigenvalue weighted by Crippen LogP contribution is -2.45. The zero-order valence-corrected chi connectivity index (χ0v) is 16.3. The number of aliphatic imine (C=N–C) groups is 1. The van der Waals surface area contributed by atoms with Crippen LogP contribution in [-0.2, 0) is 6.42 Å². The maximum Gasteiger partial charge on any atom is 0.191 e. The van der Waals surface area contributed by atoms with E-state index in [1.165, 1.54) is 31.2 Å². The monoisotopic (exact) mass is 416 g/mol. The number of hydrogen-bond donors (Lipinski definition) is 2. The third kappa shape index (κ3) is 6.50. The second-order valence-corrected chi connectivity index (χ2v) is 6.16. The maximum absolute atomic E-state index is 4.33. The highest BCUT2D eigenvalue weighted by molar-refractivity contribution is 14.0. The molecule has 1 heterocycles. The van der Waals surface area contributed by atoms with Gasteiger partial charge in [0.05, 0.1) is 0 Å². The maximum atomic E-state index is 4.33. The Morgan fingerprint density at radius 3 is 2.59 bits per heavy atom. The normalized spacial score (nSPS) is 21.9. The number of pyridine rings is 1. The number of halogens is 1. The van der Waals surface area contributed by atoms with Gasteiger partial charge in [0.25, 0.3) is 0 Å². The van der Waals surface area contributed by atoms with Crippen molar-refractivity contribution >= 4 is 29.9 Å². The van der Waals surface area contributed by atoms with E-state index in [0.29, 0.717) is 6.04 Å². The average Bonchev–Trinajstić information content (AvgIpc) is 2.50. The lowest BCUT2D eigenvalue weighted by atomic mass is 9.87. The summed E-state index contributed by atoms with van der Waals surface area (Å²) in [6.07, 6.45) is 8.08. The minimum atomic E-state index is 0. The molecule has 0 amide bonds. The van der Waals surface area contributed by atoms with Crippen molar-refractivity contribution < 1.29 is 0 Å². The molecule has 22 heavy (non-hydrogen) atoms. The summed E-state index contributed by atoms with van der Waals surface area (Å²) in [5.41, 5.74) is 2.32. The first-order valence-electron chi connectivity index (χ1n) is 8.06. The molecule has 2 N–H and O–H groups in total. The van der Waals surface area contributed by atoms with E-state index < -0.39 is 0 Å². The molecule has 5 heteroatoms. The number of nitrogens with zero attached hydrogens (tertiary/aromatic N) is 2. The summed E-state index contributed by atoms with van der Waals surface area (Å²) >= 11 is 0. The second kappa shape index (κ2) is 10.0. The summed E-state index contributed by atoms with van der Waals surface area (Å²) < 4.78 is 0. The fourth-order valence-corrected chi connectivity index (χ4v) is 2.76. The summed E-state index contributed by atoms with van der Waals surface area (Å²) in [4.78, 5) is 8.65. The van der Waals surface area contributed by atoms with Gasteiger partial charge < -0.3 is 10.6 Å². The van der Waals surface area contributed by atoms with E-state index in [1.54, 1.807) is 0 Å². The number of aryl methyl sites for hydroxylation is 1. The molecule has 124 valence electrons. The van der Waals surface area contributed by atoms with Crippen LogP contribution in [0.15, 0.2) is 23.3 Å². The molecule has 1 aliphatic carbocycles. The molecule has 0 saturated heterocycles. The Morgan fingerprint density at radius 1 is 1.27 bits per heavy atom. The van der Waals surface area contributed by atoms with Gasteiger partial charge in [0.2, 0.25) is 0 Å². The van der Waals surface area contributed by atoms with Crippen LogP contribution in [0.5, 0.6) is 0 Å². The van der Waals surface area contributed by atoms with Crippen molar-refractivity contribution in [1.29, 1.82) is 0 Å². The van der Waals surface area contributed by atoms with Gasteiger partial charge in [0, 0.05) is 31.5 Å². The first-order chi connectivity index (χ1) is 10.2. The van der Waals surface area contributed by atoms with Crippen LogP contribution in [0.4, 0.5) is 0 Å². The minimum absolute atomic E-state index is 0. The Bertz CT molecular complexity index is 450. The second-order valence-electron chi connectivity index (χ2n) is 6.16. The van der Waals surface area contributed by atoms with Gasteiger partial charge in [0.15, 0.2) is 5.96 Å². The van der Waals surface area contributed by atoms with Crippen LogP contribution in [0.3, 0.4) is 0 Å². The highest BCUT2D eigenvalue weighted by Crippen LogP contribution is 2.23. The molecule has 1 fully saturated rings. The molecule has 4 nitrogen and oxygen atoms in total. The van der Waals surface area contributed by atoms with Gasteiger partial charge in [-0.05, 0) is 56.6 Å². The summed E-state index contributed by atoms with van der Waals surface area (Å²) in [5, 5.41) is 6.95. The molecule has 1 aliphatic rings. The number of rotatable bonds is 4. The van der Waals surface area contributed by atoms with E-state index in [0.717, 1.165) is 30.5 Å². The largest absolute Gasteiger partial charge is 0.356 e. The molecule has 1 saturated carbocycles. The molecule has 2 rings (SSSR count). The van der Waals surface area contributed by atoms with Crippen molar-refractivity contribution in [3.8, 4) is 0 Å². The SMILES string of the molecule is CN=C(NCCc1ccc(C)nc1)NC1CCC(C)CC1.I. The van der Waals surface area contributed by atoms with Crippen LogP contribution < -0.4 is 10.6 Å². The Hall–Kier alpha value is -0.850. The third-order valence-electron chi connectivity index (χ3n) is 4.26. The van der Waals surface area contributed by atoms with Crippen LogP contribution >= 0.6 is 24.0 Å². The Morgan fingerprint density at radius 2 is 2.00 bits per heavy atom. The predicted octanol–water partition coefficient (Wildman–Crippen LogP) is 3.29. The van der Waals surface area contributed by atoms with Gasteiger partial charge in [-0.2, -0.15) is 0 Å². The molecular formula is C17H29IN4. The van der Waals surface area contributed by atoms with Gasteiger partial charge in [0.1, 0.15) is 0 Å².